The lowest BCUT2D eigenvalue weighted by molar-refractivity contribution is 0.180. The zero-order chi connectivity index (χ0) is 17.1. The Bertz CT molecular complexity index is 945. The number of aromatic nitrogens is 5. The second kappa shape index (κ2) is 7.34. The molecule has 0 spiro atoms. The van der Waals surface area contributed by atoms with E-state index in [1.54, 1.807) is 34.9 Å². The number of nitrogens with zero attached hydrogens (tertiary/aromatic N) is 5. The van der Waals surface area contributed by atoms with Gasteiger partial charge in [0.2, 0.25) is 5.16 Å². The van der Waals surface area contributed by atoms with Crippen LogP contribution in [0.4, 0.5) is 0 Å². The maximum atomic E-state index is 5.87. The third kappa shape index (κ3) is 3.58. The van der Waals surface area contributed by atoms with E-state index in [0.29, 0.717) is 18.9 Å². The molecule has 25 heavy (non-hydrogen) atoms. The molecule has 7 nitrogen and oxygen atoms in total. The lowest BCUT2D eigenvalue weighted by atomic mass is 10.2. The van der Waals surface area contributed by atoms with Crippen LogP contribution in [-0.4, -0.2) is 38.9 Å². The summed E-state index contributed by atoms with van der Waals surface area (Å²) in [5.41, 5.74) is 1.85. The highest BCUT2D eigenvalue weighted by Crippen LogP contribution is 2.31. The van der Waals surface area contributed by atoms with Crippen molar-refractivity contribution in [3.63, 3.8) is 0 Å². The average molecular weight is 373 g/mol. The number of hydrogen-bond acceptors (Lipinski definition) is 8. The number of fused-ring (bicyclic) bond motifs is 1. The number of methoxy groups -OCH3 is 1. The van der Waals surface area contributed by atoms with Gasteiger partial charge in [-0.15, -0.1) is 16.4 Å². The van der Waals surface area contributed by atoms with E-state index in [4.69, 9.17) is 9.15 Å². The predicted molar refractivity (Wildman–Crippen MR) is 96.6 cm³/mol. The molecule has 3 heterocycles. The molecule has 1 aromatic carbocycles. The van der Waals surface area contributed by atoms with Crippen LogP contribution in [0.1, 0.15) is 5.69 Å². The number of thiazole rings is 1. The summed E-state index contributed by atoms with van der Waals surface area (Å²) in [6.45, 7) is 1.21. The number of ether oxygens (including phenoxy) is 1. The highest BCUT2D eigenvalue weighted by Gasteiger charge is 2.12. The van der Waals surface area contributed by atoms with E-state index < -0.39 is 0 Å². The Balaban J connectivity index is 1.46. The molecular formula is C16H15N5O2S2. The van der Waals surface area contributed by atoms with Gasteiger partial charge in [-0.3, -0.25) is 0 Å². The molecule has 0 radical (unpaired) electrons. The summed E-state index contributed by atoms with van der Waals surface area (Å²) in [4.78, 5) is 4.67. The summed E-state index contributed by atoms with van der Waals surface area (Å²) in [5.74, 6) is 1.50. The van der Waals surface area contributed by atoms with Crippen LogP contribution in [0.3, 0.4) is 0 Å². The van der Waals surface area contributed by atoms with Gasteiger partial charge < -0.3 is 9.15 Å². The van der Waals surface area contributed by atoms with Gasteiger partial charge in [0.15, 0.2) is 10.8 Å². The molecule has 0 aliphatic carbocycles. The molecule has 4 aromatic rings. The maximum absolute atomic E-state index is 5.87. The van der Waals surface area contributed by atoms with Gasteiger partial charge in [0, 0.05) is 23.6 Å². The minimum atomic E-state index is 0.575. The van der Waals surface area contributed by atoms with Crippen LogP contribution < -0.4 is 0 Å². The lowest BCUT2D eigenvalue weighted by Crippen LogP contribution is -2.07. The summed E-state index contributed by atoms with van der Waals surface area (Å²) in [6.07, 6.45) is 0. The van der Waals surface area contributed by atoms with E-state index in [0.717, 1.165) is 32.6 Å². The Labute approximate surface area is 152 Å². The number of hydrogen-bond donors (Lipinski definition) is 0. The van der Waals surface area contributed by atoms with E-state index in [9.17, 15) is 0 Å². The van der Waals surface area contributed by atoms with Gasteiger partial charge in [-0.25, -0.2) is 9.67 Å². The molecule has 3 aromatic heterocycles. The van der Waals surface area contributed by atoms with Crippen LogP contribution in [-0.2, 0) is 17.0 Å². The van der Waals surface area contributed by atoms with Crippen LogP contribution in [0.15, 0.2) is 45.3 Å². The summed E-state index contributed by atoms with van der Waals surface area (Å²) in [6, 6.07) is 9.98. The Morgan fingerprint density at radius 1 is 1.32 bits per heavy atom. The summed E-state index contributed by atoms with van der Waals surface area (Å²) in [5, 5.41) is 16.5. The first kappa shape index (κ1) is 16.2. The normalized spacial score (nSPS) is 11.4. The van der Waals surface area contributed by atoms with Gasteiger partial charge in [-0.05, 0) is 22.6 Å². The van der Waals surface area contributed by atoms with Gasteiger partial charge in [-0.1, -0.05) is 30.0 Å². The smallest absolute Gasteiger partial charge is 0.209 e. The van der Waals surface area contributed by atoms with E-state index >= 15 is 0 Å². The van der Waals surface area contributed by atoms with Crippen LogP contribution >= 0.6 is 23.1 Å². The van der Waals surface area contributed by atoms with Gasteiger partial charge >= 0.3 is 0 Å². The molecule has 128 valence electrons. The molecule has 0 bridgehead atoms. The minimum Gasteiger partial charge on any atom is -0.454 e. The van der Waals surface area contributed by atoms with E-state index in [1.165, 1.54) is 0 Å². The molecule has 0 atom stereocenters. The predicted octanol–water partition coefficient (Wildman–Crippen LogP) is 3.48. The Kier molecular flexibility index (Phi) is 4.77. The largest absolute Gasteiger partial charge is 0.454 e. The van der Waals surface area contributed by atoms with Crippen LogP contribution in [0, 0.1) is 0 Å². The highest BCUT2D eigenvalue weighted by atomic mass is 32.2. The zero-order valence-electron chi connectivity index (χ0n) is 13.5. The number of furan rings is 1. The number of benzene rings is 1. The number of rotatable bonds is 7. The second-order valence-electron chi connectivity index (χ2n) is 5.26. The molecule has 0 amide bonds. The molecule has 0 saturated heterocycles. The molecule has 9 heteroatoms. The molecule has 0 fully saturated rings. The molecule has 0 aliphatic rings. The zero-order valence-corrected chi connectivity index (χ0v) is 15.1. The van der Waals surface area contributed by atoms with Crippen molar-refractivity contribution >= 4 is 34.1 Å². The molecule has 0 N–H and O–H groups in total. The van der Waals surface area contributed by atoms with E-state index in [-0.39, 0.29) is 0 Å². The fourth-order valence-corrected chi connectivity index (χ4v) is 4.00. The summed E-state index contributed by atoms with van der Waals surface area (Å²) in [7, 11) is 1.66. The number of thioether (sulfide) groups is 1. The van der Waals surface area contributed by atoms with Gasteiger partial charge in [-0.2, -0.15) is 0 Å². The topological polar surface area (TPSA) is 78.9 Å². The maximum Gasteiger partial charge on any atom is 0.209 e. The van der Waals surface area contributed by atoms with Gasteiger partial charge in [0.1, 0.15) is 5.58 Å². The van der Waals surface area contributed by atoms with Crippen molar-refractivity contribution in [1.82, 2.24) is 25.2 Å². The lowest BCUT2D eigenvalue weighted by Gasteiger charge is -2.02. The Morgan fingerprint density at radius 3 is 3.12 bits per heavy atom. The SMILES string of the molecule is COCCn1nnnc1SCc1csc(-c2cc3ccccc3o2)n1. The van der Waals surface area contributed by atoms with Crippen molar-refractivity contribution in [2.45, 2.75) is 17.5 Å². The molecule has 0 aliphatic heterocycles. The van der Waals surface area contributed by atoms with E-state index in [1.807, 2.05) is 35.7 Å². The fraction of sp³-hybridized carbons (Fsp3) is 0.250. The van der Waals surface area contributed by atoms with Crippen molar-refractivity contribution in [3.05, 3.63) is 41.4 Å². The van der Waals surface area contributed by atoms with Crippen molar-refractivity contribution < 1.29 is 9.15 Å². The molecular weight excluding hydrogens is 358 g/mol. The van der Waals surface area contributed by atoms with Crippen LogP contribution in [0.5, 0.6) is 0 Å². The highest BCUT2D eigenvalue weighted by molar-refractivity contribution is 7.98. The Hall–Kier alpha value is -2.23. The van der Waals surface area contributed by atoms with E-state index in [2.05, 4.69) is 20.5 Å². The Morgan fingerprint density at radius 2 is 2.24 bits per heavy atom. The van der Waals surface area contributed by atoms with Crippen molar-refractivity contribution in [2.75, 3.05) is 13.7 Å². The van der Waals surface area contributed by atoms with Gasteiger partial charge in [0.05, 0.1) is 18.8 Å². The molecule has 0 unspecified atom stereocenters. The number of para-hydroxylation sites is 1. The van der Waals surface area contributed by atoms with Crippen LogP contribution in [0.2, 0.25) is 0 Å². The monoisotopic (exact) mass is 373 g/mol. The van der Waals surface area contributed by atoms with Crippen LogP contribution in [0.25, 0.3) is 21.7 Å². The first-order valence-corrected chi connectivity index (χ1v) is 9.51. The second-order valence-corrected chi connectivity index (χ2v) is 7.06. The van der Waals surface area contributed by atoms with Crippen molar-refractivity contribution in [1.29, 1.82) is 0 Å². The van der Waals surface area contributed by atoms with Gasteiger partial charge in [0.25, 0.3) is 0 Å². The fourth-order valence-electron chi connectivity index (χ4n) is 2.33. The first-order chi connectivity index (χ1) is 12.3. The molecule has 0 saturated carbocycles. The standard InChI is InChI=1S/C16H15N5O2S2/c1-22-7-6-21-16(18-19-20-21)25-10-12-9-24-15(17-12)14-8-11-4-2-3-5-13(11)23-14/h2-5,8-9H,6-7,10H2,1H3. The molecule has 4 rings (SSSR count). The average Bonchev–Trinajstić information content (AvgIpc) is 3.36. The minimum absolute atomic E-state index is 0.575. The van der Waals surface area contributed by atoms with Crippen molar-refractivity contribution in [2.24, 2.45) is 0 Å². The summed E-state index contributed by atoms with van der Waals surface area (Å²) >= 11 is 3.13. The summed E-state index contributed by atoms with van der Waals surface area (Å²) < 4.78 is 12.7. The first-order valence-electron chi connectivity index (χ1n) is 7.65. The third-order valence-corrected chi connectivity index (χ3v) is 5.44. The third-order valence-electron chi connectivity index (χ3n) is 3.54. The quantitative estimate of drug-likeness (QED) is 0.459. The van der Waals surface area contributed by atoms with Crippen molar-refractivity contribution in [3.8, 4) is 10.8 Å². The number of tetrazole rings is 1.